The zero-order chi connectivity index (χ0) is 12.8. The van der Waals surface area contributed by atoms with Crippen LogP contribution in [0.2, 0.25) is 0 Å². The normalized spacial score (nSPS) is 19.3. The first-order chi connectivity index (χ1) is 8.74. The number of hydrogen-bond acceptors (Lipinski definition) is 3. The molecule has 1 aliphatic heterocycles. The lowest BCUT2D eigenvalue weighted by molar-refractivity contribution is 0.0958. The highest BCUT2D eigenvalue weighted by Gasteiger charge is 2.15. The third-order valence-corrected chi connectivity index (χ3v) is 3.21. The fourth-order valence-electron chi connectivity index (χ4n) is 2.22. The minimum Gasteiger partial charge on any atom is -0.392 e. The molecule has 1 aromatic carbocycles. The van der Waals surface area contributed by atoms with Gasteiger partial charge in [0.1, 0.15) is 0 Å². The molecule has 0 radical (unpaired) electrons. The largest absolute Gasteiger partial charge is 0.392 e. The Bertz CT molecular complexity index is 367. The molecule has 0 bridgehead atoms. The Morgan fingerprint density at radius 1 is 1.17 bits per heavy atom. The van der Waals surface area contributed by atoms with Crippen molar-refractivity contribution in [1.29, 1.82) is 0 Å². The van der Waals surface area contributed by atoms with Gasteiger partial charge < -0.3 is 10.0 Å². The Labute approximate surface area is 109 Å². The molecule has 0 aliphatic carbocycles. The minimum atomic E-state index is -0.226. The number of nitrogens with zero attached hydrogens (tertiary/aromatic N) is 2. The Hall–Kier alpha value is -1.32. The zero-order valence-electron chi connectivity index (χ0n) is 11.0. The van der Waals surface area contributed by atoms with E-state index in [-0.39, 0.29) is 6.10 Å². The molecule has 0 saturated carbocycles. The van der Waals surface area contributed by atoms with Gasteiger partial charge in [0.2, 0.25) is 0 Å². The highest BCUT2D eigenvalue weighted by atomic mass is 16.3. The Morgan fingerprint density at radius 2 is 1.83 bits per heavy atom. The van der Waals surface area contributed by atoms with E-state index >= 15 is 0 Å². The maximum atomic E-state index is 9.35. The molecule has 0 amide bonds. The van der Waals surface area contributed by atoms with Crippen molar-refractivity contribution in [3.63, 3.8) is 0 Å². The highest BCUT2D eigenvalue weighted by molar-refractivity contribution is 5.48. The number of aliphatic hydroxyl groups is 1. The molecular formula is C15H22N2O. The average molecular weight is 246 g/mol. The summed E-state index contributed by atoms with van der Waals surface area (Å²) in [5, 5.41) is 9.35. The van der Waals surface area contributed by atoms with Crippen molar-refractivity contribution in [2.24, 2.45) is 0 Å². The molecule has 1 atom stereocenters. The number of benzene rings is 1. The van der Waals surface area contributed by atoms with Crippen LogP contribution in [0.3, 0.4) is 0 Å². The van der Waals surface area contributed by atoms with Gasteiger partial charge >= 0.3 is 0 Å². The van der Waals surface area contributed by atoms with Crippen molar-refractivity contribution < 1.29 is 5.11 Å². The van der Waals surface area contributed by atoms with E-state index in [4.69, 9.17) is 0 Å². The number of rotatable bonds is 4. The van der Waals surface area contributed by atoms with Crippen LogP contribution in [0.25, 0.3) is 6.08 Å². The van der Waals surface area contributed by atoms with Crippen LogP contribution in [-0.2, 0) is 0 Å². The summed E-state index contributed by atoms with van der Waals surface area (Å²) in [6, 6.07) is 10.4. The van der Waals surface area contributed by atoms with Crippen LogP contribution in [0.15, 0.2) is 36.5 Å². The third kappa shape index (κ3) is 4.17. The van der Waals surface area contributed by atoms with E-state index in [1.807, 2.05) is 13.0 Å². The summed E-state index contributed by atoms with van der Waals surface area (Å²) in [5.74, 6) is 0. The van der Waals surface area contributed by atoms with Gasteiger partial charge in [-0.05, 0) is 24.8 Å². The lowest BCUT2D eigenvalue weighted by atomic mass is 10.2. The summed E-state index contributed by atoms with van der Waals surface area (Å²) >= 11 is 0. The van der Waals surface area contributed by atoms with Crippen LogP contribution in [0, 0.1) is 0 Å². The predicted molar refractivity (Wildman–Crippen MR) is 75.2 cm³/mol. The molecule has 1 N–H and O–H groups in total. The van der Waals surface area contributed by atoms with Gasteiger partial charge in [0.15, 0.2) is 0 Å². The molecule has 1 aromatic rings. The monoisotopic (exact) mass is 246 g/mol. The molecule has 1 fully saturated rings. The molecular weight excluding hydrogens is 224 g/mol. The summed E-state index contributed by atoms with van der Waals surface area (Å²) < 4.78 is 0. The van der Waals surface area contributed by atoms with Crippen LogP contribution in [0.1, 0.15) is 12.5 Å². The van der Waals surface area contributed by atoms with E-state index in [0.29, 0.717) is 0 Å². The standard InChI is InChI=1S/C15H22N2O/c1-14(18)13-17-11-9-16(10-12-17)8-7-15-5-3-2-4-6-15/h2-8,14,18H,9-13H2,1H3. The summed E-state index contributed by atoms with van der Waals surface area (Å²) in [4.78, 5) is 4.66. The van der Waals surface area contributed by atoms with Gasteiger partial charge in [-0.1, -0.05) is 30.3 Å². The molecule has 98 valence electrons. The molecule has 1 saturated heterocycles. The Balaban J connectivity index is 1.78. The van der Waals surface area contributed by atoms with Gasteiger partial charge in [0, 0.05) is 32.7 Å². The van der Waals surface area contributed by atoms with E-state index in [2.05, 4.69) is 46.3 Å². The van der Waals surface area contributed by atoms with Crippen molar-refractivity contribution in [3.05, 3.63) is 42.1 Å². The molecule has 0 aromatic heterocycles. The smallest absolute Gasteiger partial charge is 0.0639 e. The lowest BCUT2D eigenvalue weighted by Crippen LogP contribution is -2.46. The number of β-amino-alcohol motifs (C(OH)–C–C–N with tert-alkyl or cyclic N) is 1. The zero-order valence-corrected chi connectivity index (χ0v) is 11.0. The number of aliphatic hydroxyl groups excluding tert-OH is 1. The second kappa shape index (κ2) is 6.57. The second-order valence-corrected chi connectivity index (χ2v) is 4.91. The van der Waals surface area contributed by atoms with Gasteiger partial charge in [0.25, 0.3) is 0 Å². The summed E-state index contributed by atoms with van der Waals surface area (Å²) in [6.45, 7) is 6.78. The van der Waals surface area contributed by atoms with Crippen LogP contribution in [-0.4, -0.2) is 53.7 Å². The Kier molecular flexibility index (Phi) is 4.79. The van der Waals surface area contributed by atoms with Gasteiger partial charge in [-0.15, -0.1) is 0 Å². The van der Waals surface area contributed by atoms with Crippen LogP contribution >= 0.6 is 0 Å². The average Bonchev–Trinajstić information content (AvgIpc) is 2.38. The molecule has 2 rings (SSSR count). The predicted octanol–water partition coefficient (Wildman–Crippen LogP) is 1.66. The second-order valence-electron chi connectivity index (χ2n) is 4.91. The topological polar surface area (TPSA) is 26.7 Å². The third-order valence-electron chi connectivity index (χ3n) is 3.21. The molecule has 0 spiro atoms. The fourth-order valence-corrected chi connectivity index (χ4v) is 2.22. The van der Waals surface area contributed by atoms with E-state index in [0.717, 1.165) is 32.7 Å². The van der Waals surface area contributed by atoms with Gasteiger partial charge in [-0.3, -0.25) is 4.90 Å². The van der Waals surface area contributed by atoms with Crippen LogP contribution < -0.4 is 0 Å². The summed E-state index contributed by atoms with van der Waals surface area (Å²) in [6.07, 6.45) is 4.11. The SMILES string of the molecule is CC(O)CN1CCN(C=Cc2ccccc2)CC1. The van der Waals surface area contributed by atoms with Gasteiger partial charge in [0.05, 0.1) is 6.10 Å². The number of piperazine rings is 1. The van der Waals surface area contributed by atoms with Crippen molar-refractivity contribution in [1.82, 2.24) is 9.80 Å². The summed E-state index contributed by atoms with van der Waals surface area (Å²) in [7, 11) is 0. The first kappa shape index (κ1) is 13.1. The fraction of sp³-hybridized carbons (Fsp3) is 0.467. The maximum absolute atomic E-state index is 9.35. The van der Waals surface area contributed by atoms with E-state index in [9.17, 15) is 5.11 Å². The van der Waals surface area contributed by atoms with Crippen molar-refractivity contribution in [2.75, 3.05) is 32.7 Å². The van der Waals surface area contributed by atoms with Gasteiger partial charge in [-0.2, -0.15) is 0 Å². The van der Waals surface area contributed by atoms with E-state index in [1.54, 1.807) is 0 Å². The van der Waals surface area contributed by atoms with Crippen molar-refractivity contribution in [2.45, 2.75) is 13.0 Å². The van der Waals surface area contributed by atoms with Crippen molar-refractivity contribution in [3.8, 4) is 0 Å². The molecule has 1 heterocycles. The van der Waals surface area contributed by atoms with Crippen LogP contribution in [0.5, 0.6) is 0 Å². The van der Waals surface area contributed by atoms with E-state index < -0.39 is 0 Å². The Morgan fingerprint density at radius 3 is 2.44 bits per heavy atom. The quantitative estimate of drug-likeness (QED) is 0.875. The molecule has 3 nitrogen and oxygen atoms in total. The van der Waals surface area contributed by atoms with Crippen molar-refractivity contribution >= 4 is 6.08 Å². The first-order valence-corrected chi connectivity index (χ1v) is 6.62. The molecule has 18 heavy (non-hydrogen) atoms. The molecule has 1 unspecified atom stereocenters. The molecule has 3 heteroatoms. The minimum absolute atomic E-state index is 0.226. The van der Waals surface area contributed by atoms with Crippen LogP contribution in [0.4, 0.5) is 0 Å². The summed E-state index contributed by atoms with van der Waals surface area (Å²) in [5.41, 5.74) is 1.24. The van der Waals surface area contributed by atoms with E-state index in [1.165, 1.54) is 5.56 Å². The van der Waals surface area contributed by atoms with Gasteiger partial charge in [-0.25, -0.2) is 0 Å². The lowest BCUT2D eigenvalue weighted by Gasteiger charge is -2.34. The highest BCUT2D eigenvalue weighted by Crippen LogP contribution is 2.06. The number of hydrogen-bond donors (Lipinski definition) is 1. The molecule has 1 aliphatic rings. The first-order valence-electron chi connectivity index (χ1n) is 6.62. The maximum Gasteiger partial charge on any atom is 0.0639 e.